The van der Waals surface area contributed by atoms with E-state index in [2.05, 4.69) is 39.4 Å². The van der Waals surface area contributed by atoms with Gasteiger partial charge in [0.15, 0.2) is 11.5 Å². The summed E-state index contributed by atoms with van der Waals surface area (Å²) < 4.78 is 1.94. The van der Waals surface area contributed by atoms with Crippen LogP contribution >= 0.6 is 0 Å². The highest BCUT2D eigenvalue weighted by molar-refractivity contribution is 5.94. The van der Waals surface area contributed by atoms with Gasteiger partial charge in [0.05, 0.1) is 11.6 Å². The van der Waals surface area contributed by atoms with Crippen molar-refractivity contribution >= 4 is 11.6 Å². The van der Waals surface area contributed by atoms with Gasteiger partial charge in [0.25, 0.3) is 5.91 Å². The van der Waals surface area contributed by atoms with Crippen LogP contribution in [0.2, 0.25) is 0 Å². The van der Waals surface area contributed by atoms with Crippen LogP contribution in [0.3, 0.4) is 0 Å². The number of amides is 1. The van der Waals surface area contributed by atoms with Crippen LogP contribution < -0.4 is 5.32 Å². The summed E-state index contributed by atoms with van der Waals surface area (Å²) in [4.78, 5) is 16.8. The Morgan fingerprint density at radius 3 is 2.78 bits per heavy atom. The molecule has 1 N–H and O–H groups in total. The average molecular weight is 316 g/mol. The highest BCUT2D eigenvalue weighted by Gasteiger charge is 2.28. The Kier molecular flexibility index (Phi) is 4.32. The Morgan fingerprint density at radius 1 is 1.26 bits per heavy atom. The van der Waals surface area contributed by atoms with E-state index in [0.29, 0.717) is 5.56 Å². The zero-order valence-electron chi connectivity index (χ0n) is 14.2. The van der Waals surface area contributed by atoms with Gasteiger partial charge in [0.2, 0.25) is 0 Å². The van der Waals surface area contributed by atoms with Gasteiger partial charge in [-0.3, -0.25) is 14.1 Å². The molecule has 1 aliphatic heterocycles. The normalized spacial score (nSPS) is 20.3. The summed E-state index contributed by atoms with van der Waals surface area (Å²) in [6.45, 7) is 6.84. The molecule has 7 heteroatoms. The molecule has 0 aromatic carbocycles. The minimum atomic E-state index is -0.0735. The zero-order chi connectivity index (χ0) is 16.6. The molecule has 0 unspecified atom stereocenters. The molecule has 0 radical (unpaired) electrons. The molecule has 124 valence electrons. The van der Waals surface area contributed by atoms with Crippen molar-refractivity contribution in [1.82, 2.24) is 29.7 Å². The predicted molar refractivity (Wildman–Crippen MR) is 88.5 cm³/mol. The number of hydrogen-bond donors (Lipinski definition) is 1. The predicted octanol–water partition coefficient (Wildman–Crippen LogP) is 0.786. The van der Waals surface area contributed by atoms with E-state index in [0.717, 1.165) is 31.1 Å². The molecule has 1 amide bonds. The lowest BCUT2D eigenvalue weighted by molar-refractivity contribution is 0.0942. The van der Waals surface area contributed by atoms with Gasteiger partial charge in [-0.25, -0.2) is 0 Å². The smallest absolute Gasteiger partial charge is 0.252 e. The standard InChI is InChI=1S/C16H24N6O/c1-11(2)17-16(23)12-5-6-14-18-19-15(22(14)9-12)13-10-20(3)7-8-21(13)4/h5-6,9,11,13H,7-8,10H2,1-4H3,(H,17,23)/t13-/m1/s1. The first-order valence-corrected chi connectivity index (χ1v) is 8.00. The van der Waals surface area contributed by atoms with Gasteiger partial charge >= 0.3 is 0 Å². The zero-order valence-corrected chi connectivity index (χ0v) is 14.2. The van der Waals surface area contributed by atoms with E-state index in [4.69, 9.17) is 0 Å². The molecule has 7 nitrogen and oxygen atoms in total. The molecule has 1 saturated heterocycles. The summed E-state index contributed by atoms with van der Waals surface area (Å²) >= 11 is 0. The average Bonchev–Trinajstić information content (AvgIpc) is 2.92. The Bertz CT molecular complexity index is 710. The Morgan fingerprint density at radius 2 is 2.04 bits per heavy atom. The fourth-order valence-electron chi connectivity index (χ4n) is 2.90. The van der Waals surface area contributed by atoms with Crippen molar-refractivity contribution in [2.24, 2.45) is 0 Å². The van der Waals surface area contributed by atoms with Gasteiger partial charge in [-0.15, -0.1) is 10.2 Å². The molecule has 23 heavy (non-hydrogen) atoms. The summed E-state index contributed by atoms with van der Waals surface area (Å²) in [6.07, 6.45) is 1.84. The topological polar surface area (TPSA) is 65.8 Å². The van der Waals surface area contributed by atoms with Crippen LogP contribution in [0.15, 0.2) is 18.3 Å². The first-order chi connectivity index (χ1) is 11.0. The van der Waals surface area contributed by atoms with Crippen molar-refractivity contribution in [3.05, 3.63) is 29.7 Å². The summed E-state index contributed by atoms with van der Waals surface area (Å²) in [5.74, 6) is 0.809. The number of aromatic nitrogens is 3. The maximum absolute atomic E-state index is 12.2. The van der Waals surface area contributed by atoms with Crippen LogP contribution in [-0.2, 0) is 0 Å². The summed E-state index contributed by atoms with van der Waals surface area (Å²) in [5, 5.41) is 11.5. The number of carbonyl (C=O) groups excluding carboxylic acids is 1. The number of nitrogens with one attached hydrogen (secondary N) is 1. The Balaban J connectivity index is 1.96. The lowest BCUT2D eigenvalue weighted by Crippen LogP contribution is -2.45. The molecular formula is C16H24N6O. The molecule has 0 bridgehead atoms. The second-order valence-electron chi connectivity index (χ2n) is 6.59. The fourth-order valence-corrected chi connectivity index (χ4v) is 2.90. The number of likely N-dealkylation sites (N-methyl/N-ethyl adjacent to an activating group) is 2. The third-order valence-corrected chi connectivity index (χ3v) is 4.26. The molecular weight excluding hydrogens is 292 g/mol. The quantitative estimate of drug-likeness (QED) is 0.907. The van der Waals surface area contributed by atoms with E-state index in [9.17, 15) is 4.79 Å². The van der Waals surface area contributed by atoms with E-state index < -0.39 is 0 Å². The lowest BCUT2D eigenvalue weighted by Gasteiger charge is -2.36. The third kappa shape index (κ3) is 3.20. The van der Waals surface area contributed by atoms with E-state index in [1.807, 2.05) is 30.5 Å². The molecule has 0 spiro atoms. The van der Waals surface area contributed by atoms with Gasteiger partial charge in [0, 0.05) is 31.9 Å². The first kappa shape index (κ1) is 15.9. The van der Waals surface area contributed by atoms with Crippen LogP contribution in [0, 0.1) is 0 Å². The van der Waals surface area contributed by atoms with Gasteiger partial charge in [-0.05, 0) is 40.1 Å². The van der Waals surface area contributed by atoms with E-state index in [1.165, 1.54) is 0 Å². The molecule has 3 rings (SSSR count). The molecule has 1 aliphatic rings. The van der Waals surface area contributed by atoms with Crippen LogP contribution in [0.25, 0.3) is 5.65 Å². The second-order valence-corrected chi connectivity index (χ2v) is 6.59. The number of nitrogens with zero attached hydrogens (tertiary/aromatic N) is 5. The van der Waals surface area contributed by atoms with Gasteiger partial charge < -0.3 is 10.2 Å². The van der Waals surface area contributed by atoms with Gasteiger partial charge in [-0.2, -0.15) is 0 Å². The molecule has 1 fully saturated rings. The third-order valence-electron chi connectivity index (χ3n) is 4.26. The van der Waals surface area contributed by atoms with Crippen molar-refractivity contribution in [3.63, 3.8) is 0 Å². The maximum Gasteiger partial charge on any atom is 0.252 e. The molecule has 2 aromatic rings. The Labute approximate surface area is 136 Å². The molecule has 3 heterocycles. The number of pyridine rings is 1. The Hall–Kier alpha value is -1.99. The van der Waals surface area contributed by atoms with Crippen LogP contribution in [0.4, 0.5) is 0 Å². The fraction of sp³-hybridized carbons (Fsp3) is 0.562. The van der Waals surface area contributed by atoms with Crippen LogP contribution in [0.1, 0.15) is 36.1 Å². The first-order valence-electron chi connectivity index (χ1n) is 8.00. The lowest BCUT2D eigenvalue weighted by atomic mass is 10.1. The monoisotopic (exact) mass is 316 g/mol. The van der Waals surface area contributed by atoms with Crippen molar-refractivity contribution in [1.29, 1.82) is 0 Å². The van der Waals surface area contributed by atoms with Crippen molar-refractivity contribution in [2.75, 3.05) is 33.7 Å². The summed E-state index contributed by atoms with van der Waals surface area (Å²) in [5.41, 5.74) is 1.39. The maximum atomic E-state index is 12.2. The highest BCUT2D eigenvalue weighted by atomic mass is 16.1. The van der Waals surface area contributed by atoms with Crippen molar-refractivity contribution < 1.29 is 4.79 Å². The number of piperazine rings is 1. The van der Waals surface area contributed by atoms with Crippen molar-refractivity contribution in [3.8, 4) is 0 Å². The number of hydrogen-bond acceptors (Lipinski definition) is 5. The molecule has 0 aliphatic carbocycles. The van der Waals surface area contributed by atoms with Crippen LogP contribution in [0.5, 0.6) is 0 Å². The van der Waals surface area contributed by atoms with E-state index >= 15 is 0 Å². The summed E-state index contributed by atoms with van der Waals surface area (Å²) in [7, 11) is 4.22. The largest absolute Gasteiger partial charge is 0.350 e. The molecule has 0 saturated carbocycles. The highest BCUT2D eigenvalue weighted by Crippen LogP contribution is 2.22. The number of rotatable bonds is 3. The minimum Gasteiger partial charge on any atom is -0.350 e. The molecule has 2 aromatic heterocycles. The molecule has 1 atom stereocenters. The van der Waals surface area contributed by atoms with E-state index in [1.54, 1.807) is 6.07 Å². The van der Waals surface area contributed by atoms with Gasteiger partial charge in [-0.1, -0.05) is 0 Å². The number of carbonyl (C=O) groups is 1. The summed E-state index contributed by atoms with van der Waals surface area (Å²) in [6, 6.07) is 3.92. The second kappa shape index (κ2) is 6.25. The van der Waals surface area contributed by atoms with Gasteiger partial charge in [0.1, 0.15) is 0 Å². The van der Waals surface area contributed by atoms with Crippen molar-refractivity contribution in [2.45, 2.75) is 25.9 Å². The minimum absolute atomic E-state index is 0.0735. The van der Waals surface area contributed by atoms with E-state index in [-0.39, 0.29) is 18.0 Å². The van der Waals surface area contributed by atoms with Crippen LogP contribution in [-0.4, -0.2) is 70.1 Å². The number of fused-ring (bicyclic) bond motifs is 1. The SMILES string of the molecule is CC(C)NC(=O)c1ccc2nnc([C@H]3CN(C)CCN3C)n2c1.